The number of para-hydroxylation sites is 1. The molecular weight excluding hydrogens is 711 g/mol. The smallest absolute Gasteiger partial charge is 0.182 e. The van der Waals surface area contributed by atoms with Crippen molar-refractivity contribution in [1.82, 2.24) is 34.5 Å². The van der Waals surface area contributed by atoms with E-state index in [4.69, 9.17) is 30.0 Å². The molecule has 11 rings (SSSR count). The number of fused-ring (bicyclic) bond motifs is 6. The Balaban J connectivity index is 0.931. The SMILES string of the molecule is CC1(C)c2ccccc2-c2ccc(-c3nc4ccccc4c4nc(-c5ccc(-c6ccc(-c7nc(-c8ccccc8)nc(-c8ccccc8)n7)cc6)cc5)nn34)cc21. The zero-order valence-corrected chi connectivity index (χ0v) is 31.9. The zero-order chi connectivity index (χ0) is 38.8. The fourth-order valence-corrected chi connectivity index (χ4v) is 8.27. The standard InChI is InChI=1S/C51H35N7/c1-51(2)42-19-11-9-17-39(42)40-30-29-38(31-43(40)51)49-52-44-20-12-10-18-41(44)50-56-48(57-58(49)50)37-27-23-33(24-28-37)32-21-25-36(26-22-32)47-54-45(34-13-5-3-6-14-34)53-46(55-47)35-15-7-4-8-16-35/h3-31H,1-2H3. The third-order valence-electron chi connectivity index (χ3n) is 11.3. The molecule has 0 amide bonds. The molecule has 0 aliphatic heterocycles. The normalized spacial score (nSPS) is 12.8. The Morgan fingerprint density at radius 3 is 1.50 bits per heavy atom. The first-order chi connectivity index (χ1) is 28.5. The van der Waals surface area contributed by atoms with Crippen LogP contribution in [0.25, 0.3) is 95.7 Å². The van der Waals surface area contributed by atoms with Crippen LogP contribution in [0.1, 0.15) is 25.0 Å². The van der Waals surface area contributed by atoms with E-state index < -0.39 is 0 Å². The summed E-state index contributed by atoms with van der Waals surface area (Å²) in [6.07, 6.45) is 0. The van der Waals surface area contributed by atoms with Gasteiger partial charge in [0.05, 0.1) is 5.52 Å². The first-order valence-electron chi connectivity index (χ1n) is 19.5. The maximum Gasteiger partial charge on any atom is 0.182 e. The van der Waals surface area contributed by atoms with E-state index in [0.29, 0.717) is 23.3 Å². The van der Waals surface area contributed by atoms with E-state index >= 15 is 0 Å². The number of hydrogen-bond donors (Lipinski definition) is 0. The topological polar surface area (TPSA) is 81.8 Å². The summed E-state index contributed by atoms with van der Waals surface area (Å²) in [5.41, 5.74) is 13.7. The number of aromatic nitrogens is 7. The van der Waals surface area contributed by atoms with Gasteiger partial charge in [0, 0.05) is 38.6 Å². The predicted molar refractivity (Wildman–Crippen MR) is 232 cm³/mol. The maximum atomic E-state index is 5.17. The molecule has 0 fully saturated rings. The molecular formula is C51H35N7. The fraction of sp³-hybridized carbons (Fsp3) is 0.0588. The number of hydrogen-bond acceptors (Lipinski definition) is 6. The summed E-state index contributed by atoms with van der Waals surface area (Å²) in [5, 5.41) is 6.07. The van der Waals surface area contributed by atoms with Gasteiger partial charge in [-0.05, 0) is 51.6 Å². The lowest BCUT2D eigenvalue weighted by molar-refractivity contribution is 0.660. The van der Waals surface area contributed by atoms with Gasteiger partial charge in [0.2, 0.25) is 0 Å². The van der Waals surface area contributed by atoms with Crippen molar-refractivity contribution in [3.05, 3.63) is 187 Å². The van der Waals surface area contributed by atoms with Crippen LogP contribution in [0.15, 0.2) is 176 Å². The monoisotopic (exact) mass is 745 g/mol. The minimum Gasteiger partial charge on any atom is -0.228 e. The molecule has 0 radical (unpaired) electrons. The van der Waals surface area contributed by atoms with Crippen molar-refractivity contribution in [2.45, 2.75) is 19.3 Å². The second-order valence-corrected chi connectivity index (χ2v) is 15.2. The lowest BCUT2D eigenvalue weighted by atomic mass is 9.82. The molecule has 7 nitrogen and oxygen atoms in total. The fourth-order valence-electron chi connectivity index (χ4n) is 8.27. The molecule has 0 N–H and O–H groups in total. The molecule has 7 heteroatoms. The molecule has 58 heavy (non-hydrogen) atoms. The average molecular weight is 746 g/mol. The van der Waals surface area contributed by atoms with Crippen molar-refractivity contribution >= 4 is 16.6 Å². The lowest BCUT2D eigenvalue weighted by Crippen LogP contribution is -2.15. The summed E-state index contributed by atoms with van der Waals surface area (Å²) in [6, 6.07) is 60.4. The van der Waals surface area contributed by atoms with Crippen LogP contribution in [0.4, 0.5) is 0 Å². The van der Waals surface area contributed by atoms with Crippen molar-refractivity contribution in [2.24, 2.45) is 0 Å². The van der Waals surface area contributed by atoms with Crippen LogP contribution in [0.2, 0.25) is 0 Å². The number of nitrogens with zero attached hydrogens (tertiary/aromatic N) is 7. The van der Waals surface area contributed by atoms with Gasteiger partial charge < -0.3 is 0 Å². The Labute approximate surface area is 335 Å². The largest absolute Gasteiger partial charge is 0.228 e. The Kier molecular flexibility index (Phi) is 7.69. The second-order valence-electron chi connectivity index (χ2n) is 15.2. The maximum absolute atomic E-state index is 5.17. The van der Waals surface area contributed by atoms with Crippen LogP contribution in [-0.2, 0) is 5.41 Å². The molecule has 1 aliphatic carbocycles. The number of rotatable bonds is 6. The van der Waals surface area contributed by atoms with E-state index in [0.717, 1.165) is 61.3 Å². The molecule has 0 bridgehead atoms. The molecule has 0 atom stereocenters. The van der Waals surface area contributed by atoms with Crippen molar-refractivity contribution in [2.75, 3.05) is 0 Å². The highest BCUT2D eigenvalue weighted by Crippen LogP contribution is 2.49. The van der Waals surface area contributed by atoms with Crippen LogP contribution in [-0.4, -0.2) is 34.5 Å². The van der Waals surface area contributed by atoms with Gasteiger partial charge in [-0.1, -0.05) is 172 Å². The zero-order valence-electron chi connectivity index (χ0n) is 31.9. The van der Waals surface area contributed by atoms with Crippen molar-refractivity contribution < 1.29 is 0 Å². The first-order valence-corrected chi connectivity index (χ1v) is 19.5. The highest BCUT2D eigenvalue weighted by molar-refractivity contribution is 5.94. The van der Waals surface area contributed by atoms with Gasteiger partial charge in [0.1, 0.15) is 0 Å². The highest BCUT2D eigenvalue weighted by Gasteiger charge is 2.35. The predicted octanol–water partition coefficient (Wildman–Crippen LogP) is 11.8. The van der Waals surface area contributed by atoms with Crippen molar-refractivity contribution in [1.29, 1.82) is 0 Å². The van der Waals surface area contributed by atoms with E-state index in [1.807, 2.05) is 83.4 Å². The minimum absolute atomic E-state index is 0.127. The average Bonchev–Trinajstić information content (AvgIpc) is 3.84. The molecule has 3 aromatic heterocycles. The first kappa shape index (κ1) is 33.7. The highest BCUT2D eigenvalue weighted by atomic mass is 15.3. The third kappa shape index (κ3) is 5.59. The van der Waals surface area contributed by atoms with Gasteiger partial charge in [-0.2, -0.15) is 4.52 Å². The summed E-state index contributed by atoms with van der Waals surface area (Å²) in [5.74, 6) is 3.32. The van der Waals surface area contributed by atoms with Crippen LogP contribution in [0.3, 0.4) is 0 Å². The van der Waals surface area contributed by atoms with Gasteiger partial charge >= 0.3 is 0 Å². The van der Waals surface area contributed by atoms with Crippen LogP contribution in [0, 0.1) is 0 Å². The summed E-state index contributed by atoms with van der Waals surface area (Å²) in [6.45, 7) is 4.60. The number of benzene rings is 7. The Morgan fingerprint density at radius 2 is 0.862 bits per heavy atom. The van der Waals surface area contributed by atoms with E-state index in [9.17, 15) is 0 Å². The van der Waals surface area contributed by atoms with E-state index in [-0.39, 0.29) is 5.41 Å². The molecule has 0 saturated heterocycles. The summed E-state index contributed by atoms with van der Waals surface area (Å²) < 4.78 is 1.91. The van der Waals surface area contributed by atoms with Crippen LogP contribution < -0.4 is 0 Å². The van der Waals surface area contributed by atoms with Crippen LogP contribution in [0.5, 0.6) is 0 Å². The van der Waals surface area contributed by atoms with Crippen molar-refractivity contribution in [3.63, 3.8) is 0 Å². The molecule has 0 unspecified atom stereocenters. The van der Waals surface area contributed by atoms with Gasteiger partial charge in [-0.3, -0.25) is 0 Å². The summed E-state index contributed by atoms with van der Waals surface area (Å²) in [7, 11) is 0. The van der Waals surface area contributed by atoms with Gasteiger partial charge in [0.25, 0.3) is 0 Å². The van der Waals surface area contributed by atoms with E-state index in [1.54, 1.807) is 0 Å². The Morgan fingerprint density at radius 1 is 0.379 bits per heavy atom. The molecule has 0 spiro atoms. The van der Waals surface area contributed by atoms with Gasteiger partial charge in [-0.25, -0.2) is 24.9 Å². The summed E-state index contributed by atoms with van der Waals surface area (Å²) >= 11 is 0. The molecule has 0 saturated carbocycles. The molecule has 7 aromatic carbocycles. The van der Waals surface area contributed by atoms with Crippen molar-refractivity contribution in [3.8, 4) is 79.2 Å². The Bertz CT molecular complexity index is 3110. The Hall–Kier alpha value is -7.64. The lowest BCUT2D eigenvalue weighted by Gasteiger charge is -2.21. The summed E-state index contributed by atoms with van der Waals surface area (Å²) in [4.78, 5) is 24.9. The molecule has 274 valence electrons. The second kappa shape index (κ2) is 13.2. The van der Waals surface area contributed by atoms with Crippen LogP contribution >= 0.6 is 0 Å². The third-order valence-corrected chi connectivity index (χ3v) is 11.3. The molecule has 3 heterocycles. The molecule has 1 aliphatic rings. The quantitative estimate of drug-likeness (QED) is 0.169. The van der Waals surface area contributed by atoms with Gasteiger partial charge in [-0.15, -0.1) is 5.10 Å². The minimum atomic E-state index is -0.127. The van der Waals surface area contributed by atoms with Gasteiger partial charge in [0.15, 0.2) is 34.8 Å². The van der Waals surface area contributed by atoms with E-state index in [2.05, 4.69) is 111 Å². The molecule has 10 aromatic rings. The van der Waals surface area contributed by atoms with E-state index in [1.165, 1.54) is 22.3 Å².